The molecule has 0 saturated heterocycles. The summed E-state index contributed by atoms with van der Waals surface area (Å²) in [4.78, 5) is 18.6. The van der Waals surface area contributed by atoms with Gasteiger partial charge in [0.05, 0.1) is 10.7 Å². The Balaban J connectivity index is 1.64. The number of ether oxygens (including phenoxy) is 1. The van der Waals surface area contributed by atoms with Crippen LogP contribution in [0.2, 0.25) is 0 Å². The number of rotatable bonds is 9. The molecule has 0 radical (unpaired) electrons. The van der Waals surface area contributed by atoms with Gasteiger partial charge in [0.1, 0.15) is 18.2 Å². The van der Waals surface area contributed by atoms with Crippen LogP contribution in [0.15, 0.2) is 72.6 Å². The van der Waals surface area contributed by atoms with Crippen molar-refractivity contribution in [3.05, 3.63) is 100 Å². The van der Waals surface area contributed by atoms with E-state index in [-0.39, 0.29) is 18.3 Å². The summed E-state index contributed by atoms with van der Waals surface area (Å²) in [6.45, 7) is 6.55. The normalized spacial score (nSPS) is 10.9. The first-order valence-corrected chi connectivity index (χ1v) is 10.4. The van der Waals surface area contributed by atoms with Gasteiger partial charge in [0, 0.05) is 30.1 Å². The molecule has 2 aromatic carbocycles. The largest absolute Gasteiger partial charge is 0.487 e. The number of benzene rings is 2. The van der Waals surface area contributed by atoms with Gasteiger partial charge in [0.2, 0.25) is 5.91 Å². The van der Waals surface area contributed by atoms with Crippen LogP contribution in [0.3, 0.4) is 0 Å². The predicted molar refractivity (Wildman–Crippen MR) is 119 cm³/mol. The number of carbonyl (C=O) groups is 1. The van der Waals surface area contributed by atoms with E-state index in [0.717, 1.165) is 16.3 Å². The minimum atomic E-state index is -0.330. The van der Waals surface area contributed by atoms with Gasteiger partial charge in [-0.25, -0.2) is 9.37 Å². The first-order chi connectivity index (χ1) is 14.5. The number of carbonyl (C=O) groups excluding carboxylic acids is 1. The van der Waals surface area contributed by atoms with Gasteiger partial charge in [-0.2, -0.15) is 0 Å². The van der Waals surface area contributed by atoms with Gasteiger partial charge in [0.15, 0.2) is 0 Å². The molecule has 0 unspecified atom stereocenters. The van der Waals surface area contributed by atoms with Crippen LogP contribution >= 0.6 is 11.3 Å². The average molecular weight is 423 g/mol. The standard InChI is InChI=1S/C24H23FN2O2S/c1-3-13-27(15-20-8-4-5-10-23(20)25)24(28)12-11-19-7-6-9-22(14-19)29-16-21-17-30-18(2)26-21/h3-12,14,17H,1,13,15-16H2,2H3/b12-11+. The zero-order valence-corrected chi connectivity index (χ0v) is 17.6. The molecule has 0 N–H and O–H groups in total. The Morgan fingerprint density at radius 3 is 2.83 bits per heavy atom. The molecular weight excluding hydrogens is 399 g/mol. The summed E-state index contributed by atoms with van der Waals surface area (Å²) < 4.78 is 19.7. The molecule has 4 nitrogen and oxygen atoms in total. The lowest BCUT2D eigenvalue weighted by Crippen LogP contribution is -2.29. The highest BCUT2D eigenvalue weighted by atomic mass is 32.1. The van der Waals surface area contributed by atoms with E-state index in [1.807, 2.05) is 36.6 Å². The topological polar surface area (TPSA) is 42.4 Å². The zero-order valence-electron chi connectivity index (χ0n) is 16.8. The van der Waals surface area contributed by atoms with Crippen LogP contribution in [0.25, 0.3) is 6.08 Å². The van der Waals surface area contributed by atoms with E-state index in [0.29, 0.717) is 24.5 Å². The van der Waals surface area contributed by atoms with Crippen molar-refractivity contribution in [3.63, 3.8) is 0 Å². The van der Waals surface area contributed by atoms with Crippen molar-refractivity contribution in [2.75, 3.05) is 6.54 Å². The van der Waals surface area contributed by atoms with Gasteiger partial charge in [-0.3, -0.25) is 4.79 Å². The summed E-state index contributed by atoms with van der Waals surface area (Å²) in [5, 5.41) is 2.98. The third kappa shape index (κ3) is 6.12. The van der Waals surface area contributed by atoms with E-state index < -0.39 is 0 Å². The van der Waals surface area contributed by atoms with Crippen molar-refractivity contribution >= 4 is 23.3 Å². The molecule has 3 rings (SSSR count). The van der Waals surface area contributed by atoms with Crippen molar-refractivity contribution < 1.29 is 13.9 Å². The summed E-state index contributed by atoms with van der Waals surface area (Å²) in [6, 6.07) is 13.9. The molecule has 0 aliphatic carbocycles. The van der Waals surface area contributed by atoms with E-state index in [4.69, 9.17) is 4.74 Å². The zero-order chi connectivity index (χ0) is 21.3. The minimum Gasteiger partial charge on any atom is -0.487 e. The Bertz CT molecular complexity index is 1040. The Hall–Kier alpha value is -3.25. The van der Waals surface area contributed by atoms with Gasteiger partial charge in [0.25, 0.3) is 0 Å². The van der Waals surface area contributed by atoms with Crippen molar-refractivity contribution in [3.8, 4) is 5.75 Å². The van der Waals surface area contributed by atoms with Crippen LogP contribution in [0.5, 0.6) is 5.75 Å². The molecule has 0 aliphatic rings. The van der Waals surface area contributed by atoms with Crippen LogP contribution in [-0.2, 0) is 17.9 Å². The first-order valence-electron chi connectivity index (χ1n) is 9.50. The summed E-state index contributed by atoms with van der Waals surface area (Å²) in [7, 11) is 0. The van der Waals surface area contributed by atoms with Crippen LogP contribution < -0.4 is 4.74 Å². The summed E-state index contributed by atoms with van der Waals surface area (Å²) in [5.74, 6) is 0.149. The van der Waals surface area contributed by atoms with Crippen molar-refractivity contribution in [1.82, 2.24) is 9.88 Å². The van der Waals surface area contributed by atoms with Crippen molar-refractivity contribution in [2.24, 2.45) is 0 Å². The second-order valence-corrected chi connectivity index (χ2v) is 7.71. The Morgan fingerprint density at radius 1 is 1.27 bits per heavy atom. The quantitative estimate of drug-likeness (QED) is 0.343. The number of halogens is 1. The van der Waals surface area contributed by atoms with E-state index in [2.05, 4.69) is 11.6 Å². The molecule has 0 atom stereocenters. The molecule has 0 bridgehead atoms. The molecule has 1 heterocycles. The van der Waals surface area contributed by atoms with Crippen molar-refractivity contribution in [1.29, 1.82) is 0 Å². The smallest absolute Gasteiger partial charge is 0.247 e. The van der Waals surface area contributed by atoms with Crippen LogP contribution in [0.4, 0.5) is 4.39 Å². The maximum absolute atomic E-state index is 13.9. The van der Waals surface area contributed by atoms with Gasteiger partial charge in [-0.15, -0.1) is 17.9 Å². The maximum atomic E-state index is 13.9. The molecule has 1 amide bonds. The number of aryl methyl sites for hydroxylation is 1. The second kappa shape index (κ2) is 10.5. The first kappa shape index (κ1) is 21.5. The average Bonchev–Trinajstić information content (AvgIpc) is 3.17. The fourth-order valence-electron chi connectivity index (χ4n) is 2.83. The van der Waals surface area contributed by atoms with Crippen molar-refractivity contribution in [2.45, 2.75) is 20.1 Å². The lowest BCUT2D eigenvalue weighted by Gasteiger charge is -2.20. The molecule has 0 aliphatic heterocycles. The summed E-state index contributed by atoms with van der Waals surface area (Å²) >= 11 is 1.59. The fourth-order valence-corrected chi connectivity index (χ4v) is 3.43. The van der Waals surface area contributed by atoms with Crippen LogP contribution in [0.1, 0.15) is 21.8 Å². The molecular formula is C24H23FN2O2S. The molecule has 154 valence electrons. The molecule has 3 aromatic rings. The van der Waals surface area contributed by atoms with E-state index in [1.54, 1.807) is 41.7 Å². The molecule has 0 fully saturated rings. The maximum Gasteiger partial charge on any atom is 0.247 e. The van der Waals surface area contributed by atoms with E-state index in [1.165, 1.54) is 17.0 Å². The highest BCUT2D eigenvalue weighted by Crippen LogP contribution is 2.18. The fraction of sp³-hybridized carbons (Fsp3) is 0.167. The Kier molecular flexibility index (Phi) is 7.51. The number of amides is 1. The monoisotopic (exact) mass is 422 g/mol. The van der Waals surface area contributed by atoms with Gasteiger partial charge >= 0.3 is 0 Å². The minimum absolute atomic E-state index is 0.179. The number of hydrogen-bond acceptors (Lipinski definition) is 4. The third-order valence-corrected chi connectivity index (χ3v) is 5.13. The van der Waals surface area contributed by atoms with E-state index >= 15 is 0 Å². The van der Waals surface area contributed by atoms with Gasteiger partial charge in [-0.1, -0.05) is 36.4 Å². The number of hydrogen-bond donors (Lipinski definition) is 0. The number of nitrogens with zero attached hydrogens (tertiary/aromatic N) is 2. The number of thiazole rings is 1. The molecule has 0 saturated carbocycles. The summed E-state index contributed by atoms with van der Waals surface area (Å²) in [6.07, 6.45) is 4.83. The summed E-state index contributed by atoms with van der Waals surface area (Å²) in [5.41, 5.74) is 2.19. The van der Waals surface area contributed by atoms with Gasteiger partial charge < -0.3 is 9.64 Å². The lowest BCUT2D eigenvalue weighted by atomic mass is 10.1. The van der Waals surface area contributed by atoms with Gasteiger partial charge in [-0.05, 0) is 36.8 Å². The SMILES string of the molecule is C=CCN(Cc1ccccc1F)C(=O)/C=C/c1cccc(OCc2csc(C)n2)c1. The molecule has 6 heteroatoms. The van der Waals surface area contributed by atoms with Crippen LogP contribution in [-0.4, -0.2) is 22.3 Å². The lowest BCUT2D eigenvalue weighted by molar-refractivity contribution is -0.126. The van der Waals surface area contributed by atoms with E-state index in [9.17, 15) is 9.18 Å². The predicted octanol–water partition coefficient (Wildman–Crippen LogP) is 5.40. The molecule has 30 heavy (non-hydrogen) atoms. The Labute approximate surface area is 180 Å². The van der Waals surface area contributed by atoms with Crippen LogP contribution in [0, 0.1) is 12.7 Å². The molecule has 0 spiro atoms. The highest BCUT2D eigenvalue weighted by molar-refractivity contribution is 7.09. The Morgan fingerprint density at radius 2 is 2.10 bits per heavy atom. The third-order valence-electron chi connectivity index (χ3n) is 4.31. The highest BCUT2D eigenvalue weighted by Gasteiger charge is 2.12. The second-order valence-electron chi connectivity index (χ2n) is 6.65. The number of aromatic nitrogens is 1. The molecule has 1 aromatic heterocycles.